The number of hydrogen-bond acceptors (Lipinski definition) is 4. The van der Waals surface area contributed by atoms with Gasteiger partial charge in [0.15, 0.2) is 11.5 Å². The van der Waals surface area contributed by atoms with Crippen LogP contribution in [0.3, 0.4) is 0 Å². The molecule has 0 aliphatic carbocycles. The van der Waals surface area contributed by atoms with Crippen molar-refractivity contribution >= 4 is 0 Å². The summed E-state index contributed by atoms with van der Waals surface area (Å²) in [5.74, 6) is 0.0735. The van der Waals surface area contributed by atoms with Crippen LogP contribution in [-0.4, -0.2) is 26.5 Å². The molecule has 0 heterocycles. The summed E-state index contributed by atoms with van der Waals surface area (Å²) in [5.41, 5.74) is 2.10. The van der Waals surface area contributed by atoms with Crippen LogP contribution in [0.2, 0.25) is 0 Å². The number of benzene rings is 2. The quantitative estimate of drug-likeness (QED) is 0.444. The number of hydrogen-bond donors (Lipinski definition) is 4. The van der Waals surface area contributed by atoms with Crippen LogP contribution >= 0.6 is 0 Å². The number of aliphatic hydroxyl groups is 1. The Kier molecular flexibility index (Phi) is 6.29. The van der Waals surface area contributed by atoms with E-state index >= 15 is 0 Å². The summed E-state index contributed by atoms with van der Waals surface area (Å²) >= 11 is 0. The van der Waals surface area contributed by atoms with E-state index in [2.05, 4.69) is 0 Å². The van der Waals surface area contributed by atoms with Gasteiger partial charge in [-0.25, -0.2) is 0 Å². The molecule has 0 amide bonds. The SMILES string of the molecule is Oc1ccc(CC[C@H](O)CCCCc2ccc(O)c(O)c2)cc1. The lowest BCUT2D eigenvalue weighted by Gasteiger charge is -2.10. The Balaban J connectivity index is 1.63. The van der Waals surface area contributed by atoms with Gasteiger partial charge in [-0.15, -0.1) is 0 Å². The topological polar surface area (TPSA) is 80.9 Å². The first-order valence-electron chi connectivity index (χ1n) is 8.01. The third kappa shape index (κ3) is 5.83. The fourth-order valence-corrected chi connectivity index (χ4v) is 2.57. The fourth-order valence-electron chi connectivity index (χ4n) is 2.57. The number of rotatable bonds is 8. The van der Waals surface area contributed by atoms with Crippen LogP contribution in [0, 0.1) is 0 Å². The molecular weight excluding hydrogens is 292 g/mol. The second-order valence-corrected chi connectivity index (χ2v) is 5.93. The molecule has 2 aromatic rings. The molecule has 0 bridgehead atoms. The van der Waals surface area contributed by atoms with E-state index in [0.29, 0.717) is 6.42 Å². The average molecular weight is 316 g/mol. The van der Waals surface area contributed by atoms with Gasteiger partial charge in [-0.05, 0) is 67.5 Å². The summed E-state index contributed by atoms with van der Waals surface area (Å²) < 4.78 is 0. The third-order valence-corrected chi connectivity index (χ3v) is 4.00. The zero-order chi connectivity index (χ0) is 16.7. The molecule has 0 saturated heterocycles. The van der Waals surface area contributed by atoms with E-state index in [4.69, 9.17) is 0 Å². The van der Waals surface area contributed by atoms with Crippen LogP contribution in [0.15, 0.2) is 42.5 Å². The summed E-state index contributed by atoms with van der Waals surface area (Å²) in [6.45, 7) is 0. The molecule has 0 radical (unpaired) electrons. The van der Waals surface area contributed by atoms with E-state index in [0.717, 1.165) is 43.2 Å². The molecule has 23 heavy (non-hydrogen) atoms. The van der Waals surface area contributed by atoms with Gasteiger partial charge in [-0.2, -0.15) is 0 Å². The van der Waals surface area contributed by atoms with Crippen LogP contribution in [-0.2, 0) is 12.8 Å². The average Bonchev–Trinajstić information content (AvgIpc) is 2.54. The fraction of sp³-hybridized carbons (Fsp3) is 0.368. The maximum Gasteiger partial charge on any atom is 0.157 e. The molecule has 4 nitrogen and oxygen atoms in total. The minimum atomic E-state index is -0.322. The van der Waals surface area contributed by atoms with Crippen LogP contribution in [0.4, 0.5) is 0 Å². The largest absolute Gasteiger partial charge is 0.508 e. The van der Waals surface area contributed by atoms with Crippen LogP contribution in [0.1, 0.15) is 36.8 Å². The minimum Gasteiger partial charge on any atom is -0.508 e. The van der Waals surface area contributed by atoms with Crippen molar-refractivity contribution in [2.24, 2.45) is 0 Å². The standard InChI is InChI=1S/C19H24O4/c20-16(9-5-14-6-10-17(21)11-7-14)4-2-1-3-15-8-12-18(22)19(23)13-15/h6-8,10-13,16,20-23H,1-5,9H2/t16-/m1/s1. The smallest absolute Gasteiger partial charge is 0.157 e. The Labute approximate surface area is 136 Å². The number of unbranched alkanes of at least 4 members (excludes halogenated alkanes) is 1. The van der Waals surface area contributed by atoms with Gasteiger partial charge < -0.3 is 20.4 Å². The third-order valence-electron chi connectivity index (χ3n) is 4.00. The van der Waals surface area contributed by atoms with Crippen molar-refractivity contribution in [2.45, 2.75) is 44.6 Å². The number of aliphatic hydroxyl groups excluding tert-OH is 1. The monoisotopic (exact) mass is 316 g/mol. The first-order chi connectivity index (χ1) is 11.0. The van der Waals surface area contributed by atoms with Gasteiger partial charge >= 0.3 is 0 Å². The highest BCUT2D eigenvalue weighted by molar-refractivity contribution is 5.40. The van der Waals surface area contributed by atoms with E-state index in [1.54, 1.807) is 24.3 Å². The van der Waals surface area contributed by atoms with E-state index in [1.165, 1.54) is 6.07 Å². The lowest BCUT2D eigenvalue weighted by molar-refractivity contribution is 0.151. The Hall–Kier alpha value is -2.20. The van der Waals surface area contributed by atoms with Crippen LogP contribution in [0.25, 0.3) is 0 Å². The van der Waals surface area contributed by atoms with Crippen molar-refractivity contribution in [2.75, 3.05) is 0 Å². The summed E-state index contributed by atoms with van der Waals surface area (Å²) in [5, 5.41) is 37.9. The Morgan fingerprint density at radius 1 is 0.696 bits per heavy atom. The summed E-state index contributed by atoms with van der Waals surface area (Å²) in [7, 11) is 0. The zero-order valence-corrected chi connectivity index (χ0v) is 13.2. The molecule has 2 rings (SSSR count). The maximum atomic E-state index is 10.0. The number of phenols is 3. The molecule has 4 N–H and O–H groups in total. The molecule has 0 spiro atoms. The lowest BCUT2D eigenvalue weighted by Crippen LogP contribution is -2.08. The molecule has 0 aromatic heterocycles. The molecular formula is C19H24O4. The number of aryl methyl sites for hydroxylation is 2. The van der Waals surface area contributed by atoms with E-state index < -0.39 is 0 Å². The minimum absolute atomic E-state index is 0.0866. The molecule has 0 aliphatic heterocycles. The molecule has 4 heteroatoms. The molecule has 124 valence electrons. The number of aromatic hydroxyl groups is 3. The molecule has 1 atom stereocenters. The Morgan fingerprint density at radius 3 is 2.09 bits per heavy atom. The van der Waals surface area contributed by atoms with Crippen molar-refractivity contribution < 1.29 is 20.4 Å². The van der Waals surface area contributed by atoms with Gasteiger partial charge in [0.25, 0.3) is 0 Å². The van der Waals surface area contributed by atoms with Gasteiger partial charge in [-0.1, -0.05) is 24.6 Å². The maximum absolute atomic E-state index is 10.0. The predicted octanol–water partition coefficient (Wildman–Crippen LogP) is 3.51. The molecule has 0 unspecified atom stereocenters. The zero-order valence-electron chi connectivity index (χ0n) is 13.2. The van der Waals surface area contributed by atoms with Crippen molar-refractivity contribution in [1.29, 1.82) is 0 Å². The first kappa shape index (κ1) is 17.2. The Bertz CT molecular complexity index is 607. The van der Waals surface area contributed by atoms with Gasteiger partial charge in [-0.3, -0.25) is 0 Å². The van der Waals surface area contributed by atoms with Crippen molar-refractivity contribution in [3.63, 3.8) is 0 Å². The van der Waals surface area contributed by atoms with E-state index in [-0.39, 0.29) is 23.4 Å². The molecule has 0 saturated carbocycles. The highest BCUT2D eigenvalue weighted by Crippen LogP contribution is 2.25. The van der Waals surface area contributed by atoms with Gasteiger partial charge in [0.05, 0.1) is 6.10 Å². The summed E-state index contributed by atoms with van der Waals surface area (Å²) in [6.07, 6.45) is 4.61. The van der Waals surface area contributed by atoms with Crippen molar-refractivity contribution in [1.82, 2.24) is 0 Å². The van der Waals surface area contributed by atoms with Crippen LogP contribution < -0.4 is 0 Å². The number of phenolic OH excluding ortho intramolecular Hbond substituents is 3. The second kappa shape index (κ2) is 8.44. The highest BCUT2D eigenvalue weighted by atomic mass is 16.3. The summed E-state index contributed by atoms with van der Waals surface area (Å²) in [6, 6.07) is 12.0. The molecule has 0 fully saturated rings. The predicted molar refractivity (Wildman–Crippen MR) is 89.8 cm³/mol. The van der Waals surface area contributed by atoms with Crippen molar-refractivity contribution in [3.05, 3.63) is 53.6 Å². The molecule has 0 aliphatic rings. The van der Waals surface area contributed by atoms with E-state index in [9.17, 15) is 20.4 Å². The summed E-state index contributed by atoms with van der Waals surface area (Å²) in [4.78, 5) is 0. The van der Waals surface area contributed by atoms with E-state index in [1.807, 2.05) is 12.1 Å². The second-order valence-electron chi connectivity index (χ2n) is 5.93. The van der Waals surface area contributed by atoms with Gasteiger partial charge in [0, 0.05) is 0 Å². The normalized spacial score (nSPS) is 12.2. The van der Waals surface area contributed by atoms with Crippen LogP contribution in [0.5, 0.6) is 17.2 Å². The first-order valence-corrected chi connectivity index (χ1v) is 8.01. The van der Waals surface area contributed by atoms with Gasteiger partial charge in [0.2, 0.25) is 0 Å². The lowest BCUT2D eigenvalue weighted by atomic mass is 10.0. The Morgan fingerprint density at radius 2 is 1.39 bits per heavy atom. The van der Waals surface area contributed by atoms with Gasteiger partial charge in [0.1, 0.15) is 5.75 Å². The van der Waals surface area contributed by atoms with Crippen molar-refractivity contribution in [3.8, 4) is 17.2 Å². The molecule has 2 aromatic carbocycles. The highest BCUT2D eigenvalue weighted by Gasteiger charge is 2.06.